The predicted octanol–water partition coefficient (Wildman–Crippen LogP) is 3.59. The van der Waals surface area contributed by atoms with E-state index in [0.717, 1.165) is 6.54 Å². The van der Waals surface area contributed by atoms with Crippen LogP contribution >= 0.6 is 0 Å². The van der Waals surface area contributed by atoms with Crippen LogP contribution in [0.3, 0.4) is 0 Å². The number of rotatable bonds is 4. The Morgan fingerprint density at radius 1 is 1.28 bits per heavy atom. The molecule has 1 aromatic rings. The van der Waals surface area contributed by atoms with Gasteiger partial charge in [0.25, 0.3) is 0 Å². The topological polar surface area (TPSA) is 15.3 Å². The summed E-state index contributed by atoms with van der Waals surface area (Å²) < 4.78 is 0. The van der Waals surface area contributed by atoms with Gasteiger partial charge in [0, 0.05) is 24.8 Å². The third kappa shape index (κ3) is 3.05. The van der Waals surface area contributed by atoms with Crippen molar-refractivity contribution in [1.82, 2.24) is 5.32 Å². The molecule has 2 heteroatoms. The van der Waals surface area contributed by atoms with Crippen molar-refractivity contribution in [2.75, 3.05) is 24.5 Å². The zero-order chi connectivity index (χ0) is 13.2. The Morgan fingerprint density at radius 3 is 2.44 bits per heavy atom. The summed E-state index contributed by atoms with van der Waals surface area (Å²) in [6.45, 7) is 12.5. The van der Waals surface area contributed by atoms with E-state index in [0.29, 0.717) is 11.5 Å². The van der Waals surface area contributed by atoms with Crippen molar-refractivity contribution in [1.29, 1.82) is 0 Å². The zero-order valence-corrected chi connectivity index (χ0v) is 12.2. The van der Waals surface area contributed by atoms with E-state index >= 15 is 0 Å². The first-order valence-corrected chi connectivity index (χ1v) is 7.10. The molecule has 0 spiro atoms. The zero-order valence-electron chi connectivity index (χ0n) is 12.2. The van der Waals surface area contributed by atoms with Crippen LogP contribution in [-0.2, 0) is 0 Å². The average molecular weight is 246 g/mol. The van der Waals surface area contributed by atoms with E-state index < -0.39 is 0 Å². The van der Waals surface area contributed by atoms with E-state index in [-0.39, 0.29) is 0 Å². The van der Waals surface area contributed by atoms with Gasteiger partial charge in [-0.2, -0.15) is 0 Å². The molecule has 18 heavy (non-hydrogen) atoms. The molecule has 1 aliphatic heterocycles. The highest BCUT2D eigenvalue weighted by atomic mass is 15.2. The van der Waals surface area contributed by atoms with E-state index in [1.165, 1.54) is 30.8 Å². The minimum Gasteiger partial charge on any atom is -0.371 e. The third-order valence-electron chi connectivity index (χ3n) is 3.95. The molecular formula is C16H26N2. The van der Waals surface area contributed by atoms with Gasteiger partial charge in [-0.25, -0.2) is 0 Å². The fourth-order valence-corrected chi connectivity index (χ4v) is 2.73. The van der Waals surface area contributed by atoms with E-state index in [2.05, 4.69) is 62.2 Å². The Labute approximate surface area is 111 Å². The first kappa shape index (κ1) is 13.4. The Bertz CT molecular complexity index is 381. The van der Waals surface area contributed by atoms with Crippen molar-refractivity contribution in [2.45, 2.75) is 40.2 Å². The maximum absolute atomic E-state index is 3.45. The second kappa shape index (κ2) is 5.31. The van der Waals surface area contributed by atoms with Gasteiger partial charge in [0.05, 0.1) is 0 Å². The second-order valence-corrected chi connectivity index (χ2v) is 6.21. The molecule has 0 saturated carbocycles. The molecule has 0 amide bonds. The molecule has 1 aromatic carbocycles. The second-order valence-electron chi connectivity index (χ2n) is 6.21. The largest absolute Gasteiger partial charge is 0.371 e. The summed E-state index contributed by atoms with van der Waals surface area (Å²) in [5.74, 6) is 0. The Morgan fingerprint density at radius 2 is 1.94 bits per heavy atom. The van der Waals surface area contributed by atoms with Crippen molar-refractivity contribution in [3.05, 3.63) is 29.8 Å². The monoisotopic (exact) mass is 246 g/mol. The molecule has 0 aromatic heterocycles. The molecule has 2 rings (SSSR count). The number of hydrogen-bond donors (Lipinski definition) is 1. The third-order valence-corrected chi connectivity index (χ3v) is 3.95. The van der Waals surface area contributed by atoms with Crippen LogP contribution in [0.25, 0.3) is 0 Å². The van der Waals surface area contributed by atoms with Crippen LogP contribution < -0.4 is 10.2 Å². The summed E-state index contributed by atoms with van der Waals surface area (Å²) in [5.41, 5.74) is 3.21. The molecule has 0 radical (unpaired) electrons. The first-order chi connectivity index (χ1) is 8.52. The van der Waals surface area contributed by atoms with E-state index in [9.17, 15) is 0 Å². The molecule has 0 aliphatic carbocycles. The fraction of sp³-hybridized carbons (Fsp3) is 0.625. The van der Waals surface area contributed by atoms with E-state index in [1.54, 1.807) is 0 Å². The lowest BCUT2D eigenvalue weighted by atomic mass is 9.93. The van der Waals surface area contributed by atoms with Gasteiger partial charge in [-0.05, 0) is 43.0 Å². The molecule has 1 fully saturated rings. The summed E-state index contributed by atoms with van der Waals surface area (Å²) in [6, 6.07) is 9.50. The molecule has 1 aliphatic rings. The summed E-state index contributed by atoms with van der Waals surface area (Å²) in [6.07, 6.45) is 1.29. The van der Waals surface area contributed by atoms with Crippen LogP contribution in [-0.4, -0.2) is 19.6 Å². The molecule has 1 atom stereocenters. The van der Waals surface area contributed by atoms with Crippen molar-refractivity contribution in [3.63, 3.8) is 0 Å². The summed E-state index contributed by atoms with van der Waals surface area (Å²) in [7, 11) is 0. The van der Waals surface area contributed by atoms with Crippen LogP contribution in [0, 0.1) is 5.41 Å². The number of nitrogens with zero attached hydrogens (tertiary/aromatic N) is 1. The molecule has 0 bridgehead atoms. The molecule has 1 heterocycles. The number of nitrogens with one attached hydrogen (secondary N) is 1. The quantitative estimate of drug-likeness (QED) is 0.873. The summed E-state index contributed by atoms with van der Waals surface area (Å²) in [5, 5.41) is 3.45. The van der Waals surface area contributed by atoms with Gasteiger partial charge in [-0.15, -0.1) is 0 Å². The van der Waals surface area contributed by atoms with E-state index in [1.807, 2.05) is 0 Å². The Balaban J connectivity index is 2.04. The molecule has 2 nitrogen and oxygen atoms in total. The highest BCUT2D eigenvalue weighted by molar-refractivity contribution is 5.49. The molecule has 1 unspecified atom stereocenters. The van der Waals surface area contributed by atoms with Gasteiger partial charge in [0.15, 0.2) is 0 Å². The first-order valence-electron chi connectivity index (χ1n) is 7.10. The van der Waals surface area contributed by atoms with Crippen molar-refractivity contribution in [3.8, 4) is 0 Å². The lowest BCUT2D eigenvalue weighted by molar-refractivity contribution is 0.418. The van der Waals surface area contributed by atoms with Crippen molar-refractivity contribution < 1.29 is 0 Å². The maximum atomic E-state index is 3.45. The van der Waals surface area contributed by atoms with Crippen LogP contribution in [0.5, 0.6) is 0 Å². The smallest absolute Gasteiger partial charge is 0.0366 e. The summed E-state index contributed by atoms with van der Waals surface area (Å²) >= 11 is 0. The number of benzene rings is 1. The normalized spacial score (nSPS) is 20.1. The molecular weight excluding hydrogens is 220 g/mol. The van der Waals surface area contributed by atoms with E-state index in [4.69, 9.17) is 0 Å². The van der Waals surface area contributed by atoms with Crippen molar-refractivity contribution in [2.24, 2.45) is 5.41 Å². The van der Waals surface area contributed by atoms with Gasteiger partial charge in [-0.1, -0.05) is 32.9 Å². The lowest BCUT2D eigenvalue weighted by Gasteiger charge is -2.22. The number of hydrogen-bond acceptors (Lipinski definition) is 2. The predicted molar refractivity (Wildman–Crippen MR) is 79.1 cm³/mol. The van der Waals surface area contributed by atoms with Gasteiger partial charge >= 0.3 is 0 Å². The SMILES string of the molecule is CCNC(C)c1ccc(N2CCC(C)(C)C2)cc1. The van der Waals surface area contributed by atoms with Crippen LogP contribution in [0.2, 0.25) is 0 Å². The summed E-state index contributed by atoms with van der Waals surface area (Å²) in [4.78, 5) is 2.50. The van der Waals surface area contributed by atoms with Crippen LogP contribution in [0.15, 0.2) is 24.3 Å². The maximum Gasteiger partial charge on any atom is 0.0366 e. The van der Waals surface area contributed by atoms with Crippen LogP contribution in [0.4, 0.5) is 5.69 Å². The molecule has 1 N–H and O–H groups in total. The lowest BCUT2D eigenvalue weighted by Crippen LogP contribution is -2.22. The highest BCUT2D eigenvalue weighted by Gasteiger charge is 2.29. The fourth-order valence-electron chi connectivity index (χ4n) is 2.73. The van der Waals surface area contributed by atoms with Gasteiger partial charge in [-0.3, -0.25) is 0 Å². The standard InChI is InChI=1S/C16H26N2/c1-5-17-13(2)14-6-8-15(9-7-14)18-11-10-16(3,4)12-18/h6-9,13,17H,5,10-12H2,1-4H3. The van der Waals surface area contributed by atoms with Gasteiger partial charge < -0.3 is 10.2 Å². The minimum atomic E-state index is 0.444. The Hall–Kier alpha value is -1.02. The van der Waals surface area contributed by atoms with Crippen molar-refractivity contribution >= 4 is 5.69 Å². The minimum absolute atomic E-state index is 0.444. The Kier molecular flexibility index (Phi) is 3.96. The molecule has 1 saturated heterocycles. The van der Waals surface area contributed by atoms with Gasteiger partial charge in [0.1, 0.15) is 0 Å². The number of anilines is 1. The van der Waals surface area contributed by atoms with Crippen LogP contribution in [0.1, 0.15) is 45.7 Å². The van der Waals surface area contributed by atoms with Gasteiger partial charge in [0.2, 0.25) is 0 Å². The highest BCUT2D eigenvalue weighted by Crippen LogP contribution is 2.32. The molecule has 100 valence electrons. The average Bonchev–Trinajstić information content (AvgIpc) is 2.70.